The summed E-state index contributed by atoms with van der Waals surface area (Å²) in [5.41, 5.74) is 1.61. The average molecular weight is 346 g/mol. The molecule has 128 valence electrons. The number of hydrogen-bond acceptors (Lipinski definition) is 5. The zero-order chi connectivity index (χ0) is 16.8. The molecule has 1 aliphatic rings. The normalized spacial score (nSPS) is 16.7. The van der Waals surface area contributed by atoms with Crippen LogP contribution in [0, 0.1) is 0 Å². The van der Waals surface area contributed by atoms with E-state index in [0.29, 0.717) is 11.3 Å². The van der Waals surface area contributed by atoms with Crippen LogP contribution in [0.4, 0.5) is 5.69 Å². The topological polar surface area (TPSA) is 61.8 Å². The molecule has 1 aromatic carbocycles. The van der Waals surface area contributed by atoms with Crippen LogP contribution < -0.4 is 5.32 Å². The summed E-state index contributed by atoms with van der Waals surface area (Å²) in [6.07, 6.45) is 0.204. The van der Waals surface area contributed by atoms with E-state index in [1.807, 2.05) is 35.7 Å². The number of nitrogens with one attached hydrogen (secondary N) is 1. The molecule has 6 heteroatoms. The molecule has 24 heavy (non-hydrogen) atoms. The summed E-state index contributed by atoms with van der Waals surface area (Å²) in [5, 5.41) is 15.1. The summed E-state index contributed by atoms with van der Waals surface area (Å²) in [5.74, 6) is -0.106. The molecular weight excluding hydrogens is 324 g/mol. The van der Waals surface area contributed by atoms with Gasteiger partial charge in [-0.25, -0.2) is 0 Å². The fourth-order valence-corrected chi connectivity index (χ4v) is 3.30. The molecule has 1 fully saturated rings. The second-order valence-electron chi connectivity index (χ2n) is 5.81. The van der Waals surface area contributed by atoms with E-state index < -0.39 is 6.10 Å². The van der Waals surface area contributed by atoms with Gasteiger partial charge in [0, 0.05) is 25.3 Å². The lowest BCUT2D eigenvalue weighted by Gasteiger charge is -2.27. The predicted octanol–water partition coefficient (Wildman–Crippen LogP) is 2.76. The van der Waals surface area contributed by atoms with E-state index in [0.717, 1.165) is 44.1 Å². The molecule has 2 aromatic rings. The number of nitrogens with zero attached hydrogens (tertiary/aromatic N) is 1. The number of thiophene rings is 1. The van der Waals surface area contributed by atoms with Gasteiger partial charge in [0.05, 0.1) is 24.2 Å². The van der Waals surface area contributed by atoms with Gasteiger partial charge in [-0.15, -0.1) is 11.3 Å². The Hall–Kier alpha value is -1.73. The van der Waals surface area contributed by atoms with E-state index in [1.165, 1.54) is 11.3 Å². The van der Waals surface area contributed by atoms with Crippen molar-refractivity contribution in [2.75, 3.05) is 38.2 Å². The van der Waals surface area contributed by atoms with Crippen molar-refractivity contribution in [3.05, 3.63) is 52.2 Å². The van der Waals surface area contributed by atoms with E-state index in [-0.39, 0.29) is 5.91 Å². The van der Waals surface area contributed by atoms with Gasteiger partial charge in [-0.05, 0) is 35.6 Å². The number of carbonyl (C=O) groups excluding carboxylic acids is 1. The molecule has 0 aliphatic carbocycles. The van der Waals surface area contributed by atoms with E-state index in [4.69, 9.17) is 4.74 Å². The highest BCUT2D eigenvalue weighted by Crippen LogP contribution is 2.20. The highest BCUT2D eigenvalue weighted by Gasteiger charge is 2.14. The first-order valence-corrected chi connectivity index (χ1v) is 9.03. The molecule has 1 atom stereocenters. The van der Waals surface area contributed by atoms with Crippen molar-refractivity contribution in [2.24, 2.45) is 0 Å². The van der Waals surface area contributed by atoms with Gasteiger partial charge in [0.15, 0.2) is 0 Å². The van der Waals surface area contributed by atoms with Crippen molar-refractivity contribution in [1.82, 2.24) is 4.90 Å². The van der Waals surface area contributed by atoms with E-state index >= 15 is 0 Å². The standard InChI is InChI=1S/C18H22N2O3S/c21-16(7-8-20-9-11-23-12-10-20)14-3-5-15(6-4-14)19-18(22)17-2-1-13-24-17/h1-6,13,16,21H,7-12H2,(H,19,22). The maximum Gasteiger partial charge on any atom is 0.265 e. The predicted molar refractivity (Wildman–Crippen MR) is 95.6 cm³/mol. The molecule has 0 spiro atoms. The first-order chi connectivity index (χ1) is 11.7. The van der Waals surface area contributed by atoms with Gasteiger partial charge < -0.3 is 15.2 Å². The van der Waals surface area contributed by atoms with Crippen LogP contribution in [0.2, 0.25) is 0 Å². The lowest BCUT2D eigenvalue weighted by Crippen LogP contribution is -2.37. The Labute approximate surface area is 145 Å². The van der Waals surface area contributed by atoms with E-state index in [2.05, 4.69) is 10.2 Å². The van der Waals surface area contributed by atoms with Gasteiger partial charge in [0.2, 0.25) is 0 Å². The van der Waals surface area contributed by atoms with Crippen LogP contribution in [0.25, 0.3) is 0 Å². The lowest BCUT2D eigenvalue weighted by molar-refractivity contribution is 0.0300. The van der Waals surface area contributed by atoms with Crippen molar-refractivity contribution in [3.8, 4) is 0 Å². The third kappa shape index (κ3) is 4.64. The summed E-state index contributed by atoms with van der Waals surface area (Å²) in [6.45, 7) is 4.27. The molecule has 1 unspecified atom stereocenters. The van der Waals surface area contributed by atoms with Gasteiger partial charge in [0.1, 0.15) is 0 Å². The zero-order valence-corrected chi connectivity index (χ0v) is 14.3. The quantitative estimate of drug-likeness (QED) is 0.844. The maximum atomic E-state index is 12.0. The number of aliphatic hydroxyl groups is 1. The Kier molecular flexibility index (Phi) is 5.98. The van der Waals surface area contributed by atoms with Crippen LogP contribution >= 0.6 is 11.3 Å². The third-order valence-electron chi connectivity index (χ3n) is 4.12. The average Bonchev–Trinajstić information content (AvgIpc) is 3.16. The number of anilines is 1. The Morgan fingerprint density at radius 3 is 2.67 bits per heavy atom. The van der Waals surface area contributed by atoms with Crippen LogP contribution in [-0.4, -0.2) is 48.8 Å². The molecule has 5 nitrogen and oxygen atoms in total. The minimum atomic E-state index is -0.491. The van der Waals surface area contributed by atoms with Crippen molar-refractivity contribution >= 4 is 22.9 Å². The molecule has 1 aromatic heterocycles. The van der Waals surface area contributed by atoms with Crippen molar-refractivity contribution in [2.45, 2.75) is 12.5 Å². The van der Waals surface area contributed by atoms with Crippen LogP contribution in [0.5, 0.6) is 0 Å². The number of carbonyl (C=O) groups is 1. The van der Waals surface area contributed by atoms with Gasteiger partial charge in [-0.3, -0.25) is 9.69 Å². The van der Waals surface area contributed by atoms with Gasteiger partial charge in [-0.2, -0.15) is 0 Å². The summed E-state index contributed by atoms with van der Waals surface area (Å²) in [4.78, 5) is 15.0. The first-order valence-electron chi connectivity index (χ1n) is 8.15. The second-order valence-corrected chi connectivity index (χ2v) is 6.76. The zero-order valence-electron chi connectivity index (χ0n) is 13.5. The fraction of sp³-hybridized carbons (Fsp3) is 0.389. The summed E-state index contributed by atoms with van der Waals surface area (Å²) < 4.78 is 5.32. The van der Waals surface area contributed by atoms with Crippen molar-refractivity contribution in [1.29, 1.82) is 0 Å². The van der Waals surface area contributed by atoms with Gasteiger partial charge in [0.25, 0.3) is 5.91 Å². The van der Waals surface area contributed by atoms with Crippen LogP contribution in [0.1, 0.15) is 27.8 Å². The fourth-order valence-electron chi connectivity index (χ4n) is 2.69. The van der Waals surface area contributed by atoms with Gasteiger partial charge in [-0.1, -0.05) is 18.2 Å². The molecule has 1 aliphatic heterocycles. The molecule has 0 saturated carbocycles. The highest BCUT2D eigenvalue weighted by molar-refractivity contribution is 7.12. The Morgan fingerprint density at radius 2 is 2.00 bits per heavy atom. The van der Waals surface area contributed by atoms with Crippen LogP contribution in [-0.2, 0) is 4.74 Å². The SMILES string of the molecule is O=C(Nc1ccc(C(O)CCN2CCOCC2)cc1)c1cccs1. The maximum absolute atomic E-state index is 12.0. The highest BCUT2D eigenvalue weighted by atomic mass is 32.1. The molecule has 0 radical (unpaired) electrons. The monoisotopic (exact) mass is 346 g/mol. The molecule has 1 amide bonds. The smallest absolute Gasteiger partial charge is 0.265 e. The molecule has 2 N–H and O–H groups in total. The number of hydrogen-bond donors (Lipinski definition) is 2. The third-order valence-corrected chi connectivity index (χ3v) is 4.99. The number of morpholine rings is 1. The summed E-state index contributed by atoms with van der Waals surface area (Å²) >= 11 is 1.41. The van der Waals surface area contributed by atoms with E-state index in [9.17, 15) is 9.90 Å². The molecule has 0 bridgehead atoms. The number of aliphatic hydroxyl groups excluding tert-OH is 1. The number of benzene rings is 1. The minimum Gasteiger partial charge on any atom is -0.388 e. The Bertz CT molecular complexity index is 637. The second kappa shape index (κ2) is 8.39. The molecule has 3 rings (SSSR count). The number of rotatable bonds is 6. The van der Waals surface area contributed by atoms with Crippen LogP contribution in [0.3, 0.4) is 0 Å². The molecule has 1 saturated heterocycles. The lowest BCUT2D eigenvalue weighted by atomic mass is 10.1. The molecular formula is C18H22N2O3S. The van der Waals surface area contributed by atoms with E-state index in [1.54, 1.807) is 6.07 Å². The largest absolute Gasteiger partial charge is 0.388 e. The number of amides is 1. The summed E-state index contributed by atoms with van der Waals surface area (Å²) in [7, 11) is 0. The number of ether oxygens (including phenoxy) is 1. The van der Waals surface area contributed by atoms with Crippen molar-refractivity contribution in [3.63, 3.8) is 0 Å². The van der Waals surface area contributed by atoms with Crippen LogP contribution in [0.15, 0.2) is 41.8 Å². The van der Waals surface area contributed by atoms with Gasteiger partial charge >= 0.3 is 0 Å². The molecule has 2 heterocycles. The summed E-state index contributed by atoms with van der Waals surface area (Å²) in [6, 6.07) is 11.1. The first kappa shape index (κ1) is 17.1. The minimum absolute atomic E-state index is 0.106. The van der Waals surface area contributed by atoms with Crippen molar-refractivity contribution < 1.29 is 14.6 Å². The Morgan fingerprint density at radius 1 is 1.25 bits per heavy atom. The Balaban J connectivity index is 1.50.